The predicted octanol–water partition coefficient (Wildman–Crippen LogP) is 1.43. The zero-order chi connectivity index (χ0) is 11.3. The van der Waals surface area contributed by atoms with Gasteiger partial charge in [-0.2, -0.15) is 0 Å². The SMILES string of the molecule is NCCCS(=O)(=O)Nc1ccccc1Cl. The standard InChI is InChI=1S/C9H13ClN2O2S/c10-8-4-1-2-5-9(8)12-15(13,14)7-3-6-11/h1-2,4-5,12H,3,6-7,11H2. The predicted molar refractivity (Wildman–Crippen MR) is 62.5 cm³/mol. The molecule has 3 N–H and O–H groups in total. The van der Waals surface area contributed by atoms with Gasteiger partial charge in [-0.1, -0.05) is 23.7 Å². The van der Waals surface area contributed by atoms with Gasteiger partial charge in [0.2, 0.25) is 10.0 Å². The van der Waals surface area contributed by atoms with E-state index in [0.29, 0.717) is 23.7 Å². The van der Waals surface area contributed by atoms with Gasteiger partial charge in [0, 0.05) is 0 Å². The molecule has 0 aliphatic heterocycles. The highest BCUT2D eigenvalue weighted by Gasteiger charge is 2.10. The number of sulfonamides is 1. The average molecular weight is 249 g/mol. The summed E-state index contributed by atoms with van der Waals surface area (Å²) in [5.74, 6) is 0.00865. The van der Waals surface area contributed by atoms with Gasteiger partial charge in [-0.3, -0.25) is 4.72 Å². The van der Waals surface area contributed by atoms with Crippen molar-refractivity contribution in [3.63, 3.8) is 0 Å². The van der Waals surface area contributed by atoms with E-state index >= 15 is 0 Å². The van der Waals surface area contributed by atoms with Crippen LogP contribution in [0.2, 0.25) is 5.02 Å². The molecule has 0 spiro atoms. The van der Waals surface area contributed by atoms with Crippen molar-refractivity contribution in [1.82, 2.24) is 0 Å². The molecule has 0 aromatic heterocycles. The Hall–Kier alpha value is -0.780. The zero-order valence-corrected chi connectivity index (χ0v) is 9.68. The lowest BCUT2D eigenvalue weighted by Gasteiger charge is -2.08. The number of benzene rings is 1. The van der Waals surface area contributed by atoms with Gasteiger partial charge in [0.25, 0.3) is 0 Å². The maximum atomic E-state index is 11.5. The molecule has 0 unspecified atom stereocenters. The van der Waals surface area contributed by atoms with Crippen molar-refractivity contribution >= 4 is 27.3 Å². The van der Waals surface area contributed by atoms with Gasteiger partial charge in [-0.25, -0.2) is 8.42 Å². The fourth-order valence-electron chi connectivity index (χ4n) is 1.04. The topological polar surface area (TPSA) is 72.2 Å². The minimum Gasteiger partial charge on any atom is -0.330 e. The molecule has 0 bridgehead atoms. The highest BCUT2D eigenvalue weighted by atomic mass is 35.5. The molecule has 15 heavy (non-hydrogen) atoms. The third-order valence-electron chi connectivity index (χ3n) is 1.76. The van der Waals surface area contributed by atoms with E-state index in [2.05, 4.69) is 4.72 Å². The number of para-hydroxylation sites is 1. The highest BCUT2D eigenvalue weighted by molar-refractivity contribution is 7.92. The molecule has 6 heteroatoms. The summed E-state index contributed by atoms with van der Waals surface area (Å²) in [7, 11) is -3.33. The van der Waals surface area contributed by atoms with Crippen LogP contribution in [0.15, 0.2) is 24.3 Å². The number of anilines is 1. The fraction of sp³-hybridized carbons (Fsp3) is 0.333. The summed E-state index contributed by atoms with van der Waals surface area (Å²) in [5.41, 5.74) is 5.64. The maximum Gasteiger partial charge on any atom is 0.232 e. The van der Waals surface area contributed by atoms with E-state index in [0.717, 1.165) is 0 Å². The van der Waals surface area contributed by atoms with Crippen molar-refractivity contribution < 1.29 is 8.42 Å². The monoisotopic (exact) mass is 248 g/mol. The fourth-order valence-corrected chi connectivity index (χ4v) is 2.44. The Morgan fingerprint density at radius 1 is 1.33 bits per heavy atom. The third-order valence-corrected chi connectivity index (χ3v) is 3.44. The molecule has 0 fully saturated rings. The van der Waals surface area contributed by atoms with Crippen molar-refractivity contribution in [2.75, 3.05) is 17.0 Å². The number of hydrogen-bond donors (Lipinski definition) is 2. The molecule has 1 aromatic carbocycles. The van der Waals surface area contributed by atoms with Crippen molar-refractivity contribution in [2.45, 2.75) is 6.42 Å². The van der Waals surface area contributed by atoms with E-state index in [-0.39, 0.29) is 5.75 Å². The molecular formula is C9H13ClN2O2S. The van der Waals surface area contributed by atoms with Crippen LogP contribution in [0.25, 0.3) is 0 Å². The van der Waals surface area contributed by atoms with E-state index in [4.69, 9.17) is 17.3 Å². The van der Waals surface area contributed by atoms with Crippen molar-refractivity contribution in [1.29, 1.82) is 0 Å². The molecule has 0 aliphatic rings. The lowest BCUT2D eigenvalue weighted by molar-refractivity contribution is 0.599. The second-order valence-corrected chi connectivity index (χ2v) is 5.29. The Kier molecular flexibility index (Phi) is 4.38. The van der Waals surface area contributed by atoms with Crippen LogP contribution < -0.4 is 10.5 Å². The van der Waals surface area contributed by atoms with Gasteiger partial charge in [0.15, 0.2) is 0 Å². The van der Waals surface area contributed by atoms with Crippen LogP contribution in [0.4, 0.5) is 5.69 Å². The highest BCUT2D eigenvalue weighted by Crippen LogP contribution is 2.21. The number of halogens is 1. The Morgan fingerprint density at radius 3 is 2.60 bits per heavy atom. The normalized spacial score (nSPS) is 11.3. The Labute approximate surface area is 94.5 Å². The lowest BCUT2D eigenvalue weighted by atomic mass is 10.3. The molecule has 0 aliphatic carbocycles. The summed E-state index contributed by atoms with van der Waals surface area (Å²) in [5, 5.41) is 0.383. The summed E-state index contributed by atoms with van der Waals surface area (Å²) < 4.78 is 25.4. The van der Waals surface area contributed by atoms with E-state index in [1.165, 1.54) is 0 Å². The molecule has 84 valence electrons. The first kappa shape index (κ1) is 12.3. The smallest absolute Gasteiger partial charge is 0.232 e. The first-order valence-corrected chi connectivity index (χ1v) is 6.53. The Bertz CT molecular complexity index is 420. The summed E-state index contributed by atoms with van der Waals surface area (Å²) in [6, 6.07) is 6.69. The van der Waals surface area contributed by atoms with E-state index in [1.807, 2.05) is 0 Å². The second-order valence-electron chi connectivity index (χ2n) is 3.04. The van der Waals surface area contributed by atoms with Gasteiger partial charge in [0.1, 0.15) is 0 Å². The van der Waals surface area contributed by atoms with Gasteiger partial charge in [-0.15, -0.1) is 0 Å². The van der Waals surface area contributed by atoms with Crippen molar-refractivity contribution in [3.05, 3.63) is 29.3 Å². The number of nitrogens with one attached hydrogen (secondary N) is 1. The first-order valence-electron chi connectivity index (χ1n) is 4.50. The second kappa shape index (κ2) is 5.34. The van der Waals surface area contributed by atoms with Crippen LogP contribution in [0.1, 0.15) is 6.42 Å². The zero-order valence-electron chi connectivity index (χ0n) is 8.11. The molecular weight excluding hydrogens is 236 g/mol. The first-order chi connectivity index (χ1) is 7.05. The molecule has 4 nitrogen and oxygen atoms in total. The molecule has 0 heterocycles. The Balaban J connectivity index is 2.74. The van der Waals surface area contributed by atoms with Gasteiger partial charge in [-0.05, 0) is 25.1 Å². The number of hydrogen-bond acceptors (Lipinski definition) is 3. The number of nitrogens with two attached hydrogens (primary N) is 1. The molecule has 0 saturated carbocycles. The quantitative estimate of drug-likeness (QED) is 0.828. The van der Waals surface area contributed by atoms with Crippen molar-refractivity contribution in [3.8, 4) is 0 Å². The molecule has 1 rings (SSSR count). The lowest BCUT2D eigenvalue weighted by Crippen LogP contribution is -2.19. The minimum atomic E-state index is -3.33. The van der Waals surface area contributed by atoms with Gasteiger partial charge < -0.3 is 5.73 Å². The summed E-state index contributed by atoms with van der Waals surface area (Å²) >= 11 is 5.81. The molecule has 0 atom stereocenters. The van der Waals surface area contributed by atoms with Gasteiger partial charge >= 0.3 is 0 Å². The van der Waals surface area contributed by atoms with Crippen LogP contribution in [0, 0.1) is 0 Å². The molecule has 0 amide bonds. The van der Waals surface area contributed by atoms with E-state index in [1.54, 1.807) is 24.3 Å². The third kappa shape index (κ3) is 4.07. The maximum absolute atomic E-state index is 11.5. The molecule has 0 radical (unpaired) electrons. The average Bonchev–Trinajstić information content (AvgIpc) is 2.18. The van der Waals surface area contributed by atoms with E-state index < -0.39 is 10.0 Å². The summed E-state index contributed by atoms with van der Waals surface area (Å²) in [6.45, 7) is 0.351. The Morgan fingerprint density at radius 2 is 2.00 bits per heavy atom. The van der Waals surface area contributed by atoms with E-state index in [9.17, 15) is 8.42 Å². The molecule has 0 saturated heterocycles. The minimum absolute atomic E-state index is 0.00865. The largest absolute Gasteiger partial charge is 0.330 e. The number of rotatable bonds is 5. The van der Waals surface area contributed by atoms with Crippen LogP contribution in [0.5, 0.6) is 0 Å². The summed E-state index contributed by atoms with van der Waals surface area (Å²) in [4.78, 5) is 0. The van der Waals surface area contributed by atoms with Crippen LogP contribution in [-0.2, 0) is 10.0 Å². The summed E-state index contributed by atoms with van der Waals surface area (Å²) in [6.07, 6.45) is 0.430. The van der Waals surface area contributed by atoms with Crippen LogP contribution in [-0.4, -0.2) is 20.7 Å². The molecule has 1 aromatic rings. The van der Waals surface area contributed by atoms with Crippen LogP contribution >= 0.6 is 11.6 Å². The van der Waals surface area contributed by atoms with Gasteiger partial charge in [0.05, 0.1) is 16.5 Å². The van der Waals surface area contributed by atoms with Crippen molar-refractivity contribution in [2.24, 2.45) is 5.73 Å². The van der Waals surface area contributed by atoms with Crippen LogP contribution in [0.3, 0.4) is 0 Å².